The molecule has 3 aromatic rings. The molecular formula is C23H26ClFN4O3S2. The number of thiazole rings is 1. The molecule has 0 aliphatic carbocycles. The van der Waals surface area contributed by atoms with E-state index in [0.717, 1.165) is 28.9 Å². The Morgan fingerprint density at radius 3 is 2.65 bits per heavy atom. The maximum Gasteiger partial charge on any atom is 0.247 e. The van der Waals surface area contributed by atoms with Gasteiger partial charge in [0.25, 0.3) is 0 Å². The van der Waals surface area contributed by atoms with Crippen LogP contribution in [-0.2, 0) is 14.8 Å². The average molecular weight is 525 g/mol. The summed E-state index contributed by atoms with van der Waals surface area (Å²) < 4.78 is 42.0. The van der Waals surface area contributed by atoms with Crippen molar-refractivity contribution in [1.82, 2.24) is 14.2 Å². The molecule has 1 fully saturated rings. The first-order valence-corrected chi connectivity index (χ1v) is 13.6. The third-order valence-electron chi connectivity index (χ3n) is 5.73. The number of aromatic nitrogens is 1. The highest BCUT2D eigenvalue weighted by atomic mass is 35.5. The first-order chi connectivity index (χ1) is 16.2. The van der Waals surface area contributed by atoms with Crippen molar-refractivity contribution in [3.05, 3.63) is 53.3 Å². The van der Waals surface area contributed by atoms with Gasteiger partial charge in [-0.05, 0) is 82.4 Å². The predicted octanol–water partition coefficient (Wildman–Crippen LogP) is 4.23. The summed E-state index contributed by atoms with van der Waals surface area (Å²) in [6.45, 7) is 1.41. The summed E-state index contributed by atoms with van der Waals surface area (Å²) in [6.07, 6.45) is 1.69. The Bertz CT molecular complexity index is 1280. The molecule has 1 aliphatic heterocycles. The van der Waals surface area contributed by atoms with Gasteiger partial charge in [-0.2, -0.15) is 4.31 Å². The standard InChI is InChI=1S/C23H26ClFN4O3S2/c1-27(2)12-4-13-28(23-26-19-11-6-16(24)15-21(19)33-23)22(30)20-5-3-14-29(20)34(31,32)18-9-7-17(25)8-10-18/h6-11,15,20H,3-5,12-14H2,1-2H3. The van der Waals surface area contributed by atoms with Gasteiger partial charge in [0, 0.05) is 18.1 Å². The molecule has 4 rings (SSSR count). The molecule has 0 bridgehead atoms. The zero-order chi connectivity index (χ0) is 24.5. The Balaban J connectivity index is 1.65. The summed E-state index contributed by atoms with van der Waals surface area (Å²) in [7, 11) is -0.0367. The zero-order valence-corrected chi connectivity index (χ0v) is 21.3. The lowest BCUT2D eigenvalue weighted by molar-refractivity contribution is -0.121. The van der Waals surface area contributed by atoms with Crippen molar-refractivity contribution in [3.63, 3.8) is 0 Å². The lowest BCUT2D eigenvalue weighted by Gasteiger charge is -2.29. The van der Waals surface area contributed by atoms with Crippen LogP contribution in [0.4, 0.5) is 9.52 Å². The minimum Gasteiger partial charge on any atom is -0.309 e. The van der Waals surface area contributed by atoms with Gasteiger partial charge in [-0.25, -0.2) is 17.8 Å². The fraction of sp³-hybridized carbons (Fsp3) is 0.391. The van der Waals surface area contributed by atoms with E-state index in [0.29, 0.717) is 36.0 Å². The van der Waals surface area contributed by atoms with Crippen LogP contribution in [0, 0.1) is 5.82 Å². The highest BCUT2D eigenvalue weighted by molar-refractivity contribution is 7.89. The van der Waals surface area contributed by atoms with Crippen LogP contribution in [0.1, 0.15) is 19.3 Å². The Kier molecular flexibility index (Phi) is 7.54. The van der Waals surface area contributed by atoms with Crippen LogP contribution >= 0.6 is 22.9 Å². The van der Waals surface area contributed by atoms with E-state index in [1.807, 2.05) is 19.0 Å². The molecular weight excluding hydrogens is 499 g/mol. The van der Waals surface area contributed by atoms with E-state index in [-0.39, 0.29) is 17.3 Å². The molecule has 7 nitrogen and oxygen atoms in total. The highest BCUT2D eigenvalue weighted by Gasteiger charge is 2.42. The van der Waals surface area contributed by atoms with Gasteiger partial charge in [-0.15, -0.1) is 0 Å². The summed E-state index contributed by atoms with van der Waals surface area (Å²) in [5.41, 5.74) is 0.733. The van der Waals surface area contributed by atoms with E-state index in [2.05, 4.69) is 4.98 Å². The van der Waals surface area contributed by atoms with Crippen molar-refractivity contribution in [3.8, 4) is 0 Å². The average Bonchev–Trinajstić information content (AvgIpc) is 3.44. The summed E-state index contributed by atoms with van der Waals surface area (Å²) in [5.74, 6) is -0.817. The van der Waals surface area contributed by atoms with Crippen LogP contribution in [-0.4, -0.2) is 68.3 Å². The van der Waals surface area contributed by atoms with Gasteiger partial charge in [-0.1, -0.05) is 22.9 Å². The normalized spacial score (nSPS) is 17.0. The molecule has 0 N–H and O–H groups in total. The zero-order valence-electron chi connectivity index (χ0n) is 18.9. The van der Waals surface area contributed by atoms with Crippen LogP contribution in [0.15, 0.2) is 47.4 Å². The van der Waals surface area contributed by atoms with E-state index in [4.69, 9.17) is 11.6 Å². The van der Waals surface area contributed by atoms with Crippen molar-refractivity contribution in [2.24, 2.45) is 0 Å². The third kappa shape index (κ3) is 5.26. The number of benzene rings is 2. The summed E-state index contributed by atoms with van der Waals surface area (Å²) >= 11 is 7.48. The molecule has 0 saturated carbocycles. The number of hydrogen-bond acceptors (Lipinski definition) is 6. The van der Waals surface area contributed by atoms with Crippen molar-refractivity contribution < 1.29 is 17.6 Å². The van der Waals surface area contributed by atoms with Gasteiger partial charge in [0.1, 0.15) is 11.9 Å². The monoisotopic (exact) mass is 524 g/mol. The number of fused-ring (bicyclic) bond motifs is 1. The fourth-order valence-corrected chi connectivity index (χ4v) is 6.97. The Morgan fingerprint density at radius 1 is 1.21 bits per heavy atom. The van der Waals surface area contributed by atoms with Gasteiger partial charge < -0.3 is 4.90 Å². The molecule has 1 atom stereocenters. The number of halogens is 2. The molecule has 1 saturated heterocycles. The van der Waals surface area contributed by atoms with Gasteiger partial charge >= 0.3 is 0 Å². The highest BCUT2D eigenvalue weighted by Crippen LogP contribution is 2.34. The number of hydrogen-bond donors (Lipinski definition) is 0. The van der Waals surface area contributed by atoms with Crippen LogP contribution in [0.25, 0.3) is 10.2 Å². The SMILES string of the molecule is CN(C)CCCN(C(=O)C1CCCN1S(=O)(=O)c1ccc(F)cc1)c1nc2ccc(Cl)cc2s1. The lowest BCUT2D eigenvalue weighted by atomic mass is 10.2. The maximum absolute atomic E-state index is 13.8. The summed E-state index contributed by atoms with van der Waals surface area (Å²) in [4.78, 5) is 22.0. The first-order valence-electron chi connectivity index (χ1n) is 11.0. The van der Waals surface area contributed by atoms with Gasteiger partial charge in [0.2, 0.25) is 15.9 Å². The lowest BCUT2D eigenvalue weighted by Crippen LogP contribution is -2.48. The fourth-order valence-electron chi connectivity index (χ4n) is 4.04. The van der Waals surface area contributed by atoms with Crippen LogP contribution in [0.2, 0.25) is 5.02 Å². The number of sulfonamides is 1. The minimum atomic E-state index is -3.95. The van der Waals surface area contributed by atoms with E-state index >= 15 is 0 Å². The van der Waals surface area contributed by atoms with Crippen molar-refractivity contribution >= 4 is 54.2 Å². The van der Waals surface area contributed by atoms with Crippen molar-refractivity contribution in [2.75, 3.05) is 38.6 Å². The van der Waals surface area contributed by atoms with Gasteiger partial charge in [0.05, 0.1) is 15.1 Å². The smallest absolute Gasteiger partial charge is 0.247 e. The number of amides is 1. The van der Waals surface area contributed by atoms with Crippen molar-refractivity contribution in [1.29, 1.82) is 0 Å². The molecule has 1 aliphatic rings. The van der Waals surface area contributed by atoms with Gasteiger partial charge in [0.15, 0.2) is 5.13 Å². The van der Waals surface area contributed by atoms with Crippen LogP contribution < -0.4 is 4.90 Å². The molecule has 0 radical (unpaired) electrons. The second-order valence-electron chi connectivity index (χ2n) is 8.48. The second-order valence-corrected chi connectivity index (χ2v) is 11.8. The van der Waals surface area contributed by atoms with Gasteiger partial charge in [-0.3, -0.25) is 9.69 Å². The summed E-state index contributed by atoms with van der Waals surface area (Å²) in [6, 6.07) is 9.21. The quantitative estimate of drug-likeness (QED) is 0.441. The Hall–Kier alpha value is -2.11. The number of carbonyl (C=O) groups excluding carboxylic acids is 1. The third-order valence-corrected chi connectivity index (χ3v) is 8.93. The molecule has 1 amide bonds. The Morgan fingerprint density at radius 2 is 1.94 bits per heavy atom. The molecule has 34 heavy (non-hydrogen) atoms. The molecule has 0 spiro atoms. The van der Waals surface area contributed by atoms with E-state index in [9.17, 15) is 17.6 Å². The van der Waals surface area contributed by atoms with E-state index in [1.54, 1.807) is 23.1 Å². The minimum absolute atomic E-state index is 0.0256. The van der Waals surface area contributed by atoms with Crippen molar-refractivity contribution in [2.45, 2.75) is 30.2 Å². The first kappa shape index (κ1) is 25.0. The number of carbonyl (C=O) groups is 1. The molecule has 1 unspecified atom stereocenters. The molecule has 182 valence electrons. The molecule has 1 aromatic heterocycles. The second kappa shape index (κ2) is 10.2. The number of anilines is 1. The topological polar surface area (TPSA) is 73.8 Å². The Labute approximate surface area is 207 Å². The van der Waals surface area contributed by atoms with E-state index < -0.39 is 21.9 Å². The maximum atomic E-state index is 13.8. The molecule has 2 heterocycles. The van der Waals surface area contributed by atoms with Crippen LogP contribution in [0.5, 0.6) is 0 Å². The predicted molar refractivity (Wildman–Crippen MR) is 133 cm³/mol. The number of nitrogens with zero attached hydrogens (tertiary/aromatic N) is 4. The largest absolute Gasteiger partial charge is 0.309 e. The summed E-state index contributed by atoms with van der Waals surface area (Å²) in [5, 5.41) is 1.10. The van der Waals surface area contributed by atoms with E-state index in [1.165, 1.54) is 27.8 Å². The van der Waals surface area contributed by atoms with Crippen LogP contribution in [0.3, 0.4) is 0 Å². The molecule has 2 aromatic carbocycles. The number of rotatable bonds is 8. The molecule has 11 heteroatoms.